The quantitative estimate of drug-likeness (QED) is 0.0741. The molecule has 0 heterocycles. The van der Waals surface area contributed by atoms with E-state index in [0.717, 1.165) is 19.3 Å². The molecule has 0 N–H and O–H groups in total. The monoisotopic (exact) mass is 498 g/mol. The number of carbonyl (C=O) groups excluding carboxylic acids is 2. The Morgan fingerprint density at radius 3 is 1.64 bits per heavy atom. The van der Waals surface area contributed by atoms with E-state index in [2.05, 4.69) is 18.2 Å². The average Bonchev–Trinajstić information content (AvgIpc) is 2.74. The Balaban J connectivity index is 0. The normalized spacial score (nSPS) is 11.9. The number of rotatable bonds is 22. The van der Waals surface area contributed by atoms with Gasteiger partial charge in [-0.05, 0) is 6.42 Å². The van der Waals surface area contributed by atoms with E-state index in [-0.39, 0.29) is 42.8 Å². The fourth-order valence-electron chi connectivity index (χ4n) is 3.41. The maximum atomic E-state index is 11.8. The van der Waals surface area contributed by atoms with Crippen LogP contribution in [0, 0.1) is 0 Å². The van der Waals surface area contributed by atoms with Gasteiger partial charge < -0.3 is 14.0 Å². The van der Waals surface area contributed by atoms with Crippen LogP contribution in [0.25, 0.3) is 0 Å². The molecular formula is C24H43NaO7S. The summed E-state index contributed by atoms with van der Waals surface area (Å²) in [5.74, 6) is -2.15. The van der Waals surface area contributed by atoms with Crippen molar-refractivity contribution in [2.75, 3.05) is 13.2 Å². The van der Waals surface area contributed by atoms with E-state index in [1.165, 1.54) is 76.7 Å². The average molecular weight is 499 g/mol. The summed E-state index contributed by atoms with van der Waals surface area (Å²) in [6.45, 7) is 5.47. The van der Waals surface area contributed by atoms with E-state index in [9.17, 15) is 22.6 Å². The number of esters is 2. The van der Waals surface area contributed by atoms with Crippen LogP contribution in [0.4, 0.5) is 0 Å². The van der Waals surface area contributed by atoms with Gasteiger partial charge in [-0.25, -0.2) is 8.42 Å². The van der Waals surface area contributed by atoms with Crippen molar-refractivity contribution in [1.82, 2.24) is 0 Å². The Bertz CT molecular complexity index is 608. The van der Waals surface area contributed by atoms with Crippen molar-refractivity contribution in [1.29, 1.82) is 0 Å². The summed E-state index contributed by atoms with van der Waals surface area (Å²) < 4.78 is 43.2. The molecule has 0 aromatic rings. The molecule has 9 heteroatoms. The number of hydrogen-bond acceptors (Lipinski definition) is 7. The molecule has 0 amide bonds. The van der Waals surface area contributed by atoms with Crippen LogP contribution in [0.2, 0.25) is 0 Å². The summed E-state index contributed by atoms with van der Waals surface area (Å²) >= 11 is 0. The van der Waals surface area contributed by atoms with Gasteiger partial charge in [0, 0.05) is 0 Å². The molecule has 0 aromatic heterocycles. The molecule has 0 radical (unpaired) electrons. The minimum absolute atomic E-state index is 0. The van der Waals surface area contributed by atoms with Crippen LogP contribution >= 0.6 is 0 Å². The Labute approximate surface area is 223 Å². The molecule has 0 saturated carbocycles. The molecule has 188 valence electrons. The maximum absolute atomic E-state index is 11.8. The fraction of sp³-hybridized carbons (Fsp3) is 0.833. The zero-order valence-corrected chi connectivity index (χ0v) is 23.7. The first-order valence-corrected chi connectivity index (χ1v) is 13.7. The first-order valence-electron chi connectivity index (χ1n) is 12.2. The van der Waals surface area contributed by atoms with E-state index in [1.54, 1.807) is 0 Å². The Morgan fingerprint density at radius 2 is 1.24 bits per heavy atom. The van der Waals surface area contributed by atoms with Crippen LogP contribution < -0.4 is 29.6 Å². The summed E-state index contributed by atoms with van der Waals surface area (Å²) in [5, 5.41) is -2.09. The van der Waals surface area contributed by atoms with Crippen LogP contribution in [0.15, 0.2) is 12.7 Å². The molecule has 33 heavy (non-hydrogen) atoms. The van der Waals surface area contributed by atoms with Gasteiger partial charge >= 0.3 is 41.5 Å². The predicted octanol–water partition coefficient (Wildman–Crippen LogP) is 2.44. The number of hydrogen-bond donors (Lipinski definition) is 0. The second-order valence-electron chi connectivity index (χ2n) is 8.27. The van der Waals surface area contributed by atoms with Gasteiger partial charge in [-0.3, -0.25) is 9.59 Å². The number of ether oxygens (including phenoxy) is 2. The summed E-state index contributed by atoms with van der Waals surface area (Å²) in [6.07, 6.45) is 18.8. The van der Waals surface area contributed by atoms with Gasteiger partial charge in [0.25, 0.3) is 0 Å². The predicted molar refractivity (Wildman–Crippen MR) is 125 cm³/mol. The molecule has 0 spiro atoms. The van der Waals surface area contributed by atoms with Gasteiger partial charge in [-0.15, -0.1) is 0 Å². The third kappa shape index (κ3) is 21.8. The molecular weight excluding hydrogens is 455 g/mol. The Hall–Kier alpha value is -0.410. The summed E-state index contributed by atoms with van der Waals surface area (Å²) in [7, 11) is -5.01. The van der Waals surface area contributed by atoms with Crippen molar-refractivity contribution < 1.29 is 61.6 Å². The van der Waals surface area contributed by atoms with Crippen LogP contribution in [0.3, 0.4) is 0 Å². The van der Waals surface area contributed by atoms with E-state index in [1.807, 2.05) is 0 Å². The number of carbonyl (C=O) groups is 2. The van der Waals surface area contributed by atoms with E-state index in [0.29, 0.717) is 6.42 Å². The van der Waals surface area contributed by atoms with Gasteiger partial charge in [-0.2, -0.15) is 0 Å². The maximum Gasteiger partial charge on any atom is 1.00 e. The zero-order valence-electron chi connectivity index (χ0n) is 20.9. The van der Waals surface area contributed by atoms with Crippen LogP contribution in [-0.2, 0) is 29.2 Å². The molecule has 7 nitrogen and oxygen atoms in total. The van der Waals surface area contributed by atoms with E-state index in [4.69, 9.17) is 4.74 Å². The zero-order chi connectivity index (χ0) is 24.1. The van der Waals surface area contributed by atoms with Crippen molar-refractivity contribution in [3.63, 3.8) is 0 Å². The second-order valence-corrected chi connectivity index (χ2v) is 9.83. The summed E-state index contributed by atoms with van der Waals surface area (Å²) in [5.41, 5.74) is 0. The van der Waals surface area contributed by atoms with Gasteiger partial charge in [0.1, 0.15) is 16.7 Å². The van der Waals surface area contributed by atoms with E-state index < -0.39 is 33.7 Å². The SMILES string of the molecule is C=CCOC(=O)C(CC(=O)OCCCCCCCCCCCCCCCCC)S(=O)(=O)[O-].[Na+]. The van der Waals surface area contributed by atoms with Gasteiger partial charge in [-0.1, -0.05) is 109 Å². The Kier molecular flexibility index (Phi) is 24.6. The third-order valence-electron chi connectivity index (χ3n) is 5.32. The van der Waals surface area contributed by atoms with Crippen LogP contribution in [0.1, 0.15) is 110 Å². The first-order chi connectivity index (χ1) is 15.3. The first kappa shape index (κ1) is 34.8. The molecule has 0 bridgehead atoms. The minimum Gasteiger partial charge on any atom is -0.747 e. The molecule has 1 atom stereocenters. The number of unbranched alkanes of at least 4 members (excludes halogenated alkanes) is 14. The van der Waals surface area contributed by atoms with Crippen LogP contribution in [-0.4, -0.2) is 43.4 Å². The summed E-state index contributed by atoms with van der Waals surface area (Å²) in [4.78, 5) is 23.4. The molecule has 0 aliphatic rings. The molecule has 0 aliphatic carbocycles. The molecule has 0 rings (SSSR count). The van der Waals surface area contributed by atoms with E-state index >= 15 is 0 Å². The molecule has 1 unspecified atom stereocenters. The van der Waals surface area contributed by atoms with Crippen molar-refractivity contribution in [3.05, 3.63) is 12.7 Å². The standard InChI is InChI=1S/C24H44O7S.Na/c1-3-5-6-7-8-9-10-11-12-13-14-15-16-17-18-20-30-23(25)21-22(32(27,28)29)24(26)31-19-4-2;/h4,22H,2-3,5-21H2,1H3,(H,27,28,29);/q;+1/p-1. The second kappa shape index (κ2) is 23.3. The summed E-state index contributed by atoms with van der Waals surface area (Å²) in [6, 6.07) is 0. The molecule has 0 fully saturated rings. The topological polar surface area (TPSA) is 110 Å². The van der Waals surface area contributed by atoms with Crippen molar-refractivity contribution in [2.24, 2.45) is 0 Å². The van der Waals surface area contributed by atoms with Gasteiger partial charge in [0.2, 0.25) is 0 Å². The van der Waals surface area contributed by atoms with Crippen LogP contribution in [0.5, 0.6) is 0 Å². The van der Waals surface area contributed by atoms with Crippen molar-refractivity contribution in [2.45, 2.75) is 115 Å². The van der Waals surface area contributed by atoms with Gasteiger partial charge in [0.15, 0.2) is 5.25 Å². The van der Waals surface area contributed by atoms with Crippen molar-refractivity contribution >= 4 is 22.1 Å². The smallest absolute Gasteiger partial charge is 0.747 e. The minimum atomic E-state index is -5.01. The van der Waals surface area contributed by atoms with Gasteiger partial charge in [0.05, 0.1) is 13.0 Å². The fourth-order valence-corrected chi connectivity index (χ4v) is 4.05. The molecule has 0 aliphatic heterocycles. The Morgan fingerprint density at radius 1 is 0.818 bits per heavy atom. The molecule has 0 saturated heterocycles. The van der Waals surface area contributed by atoms with Crippen molar-refractivity contribution in [3.8, 4) is 0 Å². The molecule has 0 aromatic carbocycles. The largest absolute Gasteiger partial charge is 1.00 e. The third-order valence-corrected chi connectivity index (χ3v) is 6.37.